The lowest BCUT2D eigenvalue weighted by Gasteiger charge is -2.07. The van der Waals surface area contributed by atoms with Crippen LogP contribution in [0, 0.1) is 6.92 Å². The van der Waals surface area contributed by atoms with Crippen LogP contribution in [-0.4, -0.2) is 25.8 Å². The summed E-state index contributed by atoms with van der Waals surface area (Å²) in [4.78, 5) is 4.67. The van der Waals surface area contributed by atoms with Crippen molar-refractivity contribution in [3.8, 4) is 0 Å². The van der Waals surface area contributed by atoms with Gasteiger partial charge in [-0.25, -0.2) is 0 Å². The zero-order valence-corrected chi connectivity index (χ0v) is 4.27. The van der Waals surface area contributed by atoms with Gasteiger partial charge in [0, 0.05) is 13.6 Å². The van der Waals surface area contributed by atoms with Crippen LogP contribution in [0.25, 0.3) is 0 Å². The molecular weight excluding hydrogens is 78.0 g/mol. The van der Waals surface area contributed by atoms with Crippen LogP contribution < -0.4 is 0 Å². The molecule has 1 radical (unpaired) electrons. The second-order valence-electron chi connectivity index (χ2n) is 1.03. The summed E-state index contributed by atoms with van der Waals surface area (Å²) >= 11 is 0. The Kier molecular flexibility index (Phi) is 3.08. The molecule has 0 saturated heterocycles. The van der Waals surface area contributed by atoms with Crippen molar-refractivity contribution in [1.82, 2.24) is 5.06 Å². The predicted octanol–water partition coefficient (Wildman–Crippen LogP) is 0.314. The third-order valence-corrected chi connectivity index (χ3v) is 0.627. The van der Waals surface area contributed by atoms with Crippen molar-refractivity contribution in [2.75, 3.05) is 20.7 Å². The minimum atomic E-state index is 0.691. The molecule has 0 aromatic rings. The molecule has 0 aliphatic rings. The molecule has 2 heteroatoms. The molecule has 0 bridgehead atoms. The van der Waals surface area contributed by atoms with Gasteiger partial charge in [0.1, 0.15) is 0 Å². The topological polar surface area (TPSA) is 12.5 Å². The SMILES string of the molecule is [CH2]CN(C)OC. The Morgan fingerprint density at radius 3 is 2.33 bits per heavy atom. The van der Waals surface area contributed by atoms with Gasteiger partial charge < -0.3 is 4.84 Å². The van der Waals surface area contributed by atoms with Crippen LogP contribution in [-0.2, 0) is 4.84 Å². The molecule has 0 aliphatic carbocycles. The Bertz CT molecular complexity index is 26.7. The van der Waals surface area contributed by atoms with Gasteiger partial charge in [-0.1, -0.05) is 0 Å². The van der Waals surface area contributed by atoms with E-state index in [9.17, 15) is 0 Å². The molecule has 37 valence electrons. The summed E-state index contributed by atoms with van der Waals surface area (Å²) in [7, 11) is 3.44. The average molecular weight is 88.1 g/mol. The second kappa shape index (κ2) is 3.12. The quantitative estimate of drug-likeness (QED) is 0.450. The average Bonchev–Trinajstić information content (AvgIpc) is 1.65. The van der Waals surface area contributed by atoms with Crippen molar-refractivity contribution in [2.24, 2.45) is 0 Å². The molecule has 0 N–H and O–H groups in total. The Morgan fingerprint density at radius 1 is 1.83 bits per heavy atom. The van der Waals surface area contributed by atoms with E-state index in [0.717, 1.165) is 0 Å². The second-order valence-corrected chi connectivity index (χ2v) is 1.03. The van der Waals surface area contributed by atoms with E-state index >= 15 is 0 Å². The van der Waals surface area contributed by atoms with E-state index in [1.165, 1.54) is 0 Å². The summed E-state index contributed by atoms with van der Waals surface area (Å²) in [5, 5.41) is 1.64. The smallest absolute Gasteiger partial charge is 0.0575 e. The highest BCUT2D eigenvalue weighted by atomic mass is 16.7. The molecule has 0 aromatic carbocycles. The predicted molar refractivity (Wildman–Crippen MR) is 25.0 cm³/mol. The highest BCUT2D eigenvalue weighted by molar-refractivity contribution is 4.34. The maximum absolute atomic E-state index is 4.67. The van der Waals surface area contributed by atoms with Crippen molar-refractivity contribution in [3.63, 3.8) is 0 Å². The Labute approximate surface area is 38.7 Å². The third kappa shape index (κ3) is 2.18. The molecule has 0 aromatic heterocycles. The molecular formula is C4H10NO. The van der Waals surface area contributed by atoms with E-state index in [1.807, 2.05) is 7.05 Å². The van der Waals surface area contributed by atoms with Gasteiger partial charge in [-0.05, 0) is 6.92 Å². The number of hydrogen-bond acceptors (Lipinski definition) is 2. The minimum Gasteiger partial charge on any atom is -0.303 e. The van der Waals surface area contributed by atoms with E-state index < -0.39 is 0 Å². The van der Waals surface area contributed by atoms with Crippen LogP contribution in [0.2, 0.25) is 0 Å². The highest BCUT2D eigenvalue weighted by Gasteiger charge is 1.81. The molecule has 0 heterocycles. The minimum absolute atomic E-state index is 0.691. The van der Waals surface area contributed by atoms with Gasteiger partial charge in [0.2, 0.25) is 0 Å². The van der Waals surface area contributed by atoms with Gasteiger partial charge in [0.15, 0.2) is 0 Å². The largest absolute Gasteiger partial charge is 0.303 e. The fourth-order valence-corrected chi connectivity index (χ4v) is 0.0913. The van der Waals surface area contributed by atoms with Gasteiger partial charge in [0.05, 0.1) is 7.11 Å². The van der Waals surface area contributed by atoms with Gasteiger partial charge in [-0.3, -0.25) is 0 Å². The highest BCUT2D eigenvalue weighted by Crippen LogP contribution is 1.73. The molecule has 2 nitrogen and oxygen atoms in total. The molecule has 0 fully saturated rings. The maximum Gasteiger partial charge on any atom is 0.0575 e. The summed E-state index contributed by atoms with van der Waals surface area (Å²) in [5.74, 6) is 0. The first-order valence-corrected chi connectivity index (χ1v) is 1.85. The van der Waals surface area contributed by atoms with Gasteiger partial charge in [-0.15, -0.1) is 0 Å². The van der Waals surface area contributed by atoms with Gasteiger partial charge in [-0.2, -0.15) is 5.06 Å². The standard InChI is InChI=1S/C4H10NO/c1-4-5(2)6-3/h1,4H2,2-3H3. The van der Waals surface area contributed by atoms with Crippen molar-refractivity contribution < 1.29 is 4.84 Å². The summed E-state index contributed by atoms with van der Waals surface area (Å²) in [5.41, 5.74) is 0. The number of nitrogens with zero attached hydrogens (tertiary/aromatic N) is 1. The molecule has 0 atom stereocenters. The van der Waals surface area contributed by atoms with Crippen LogP contribution in [0.15, 0.2) is 0 Å². The molecule has 0 unspecified atom stereocenters. The van der Waals surface area contributed by atoms with E-state index in [-0.39, 0.29) is 0 Å². The zero-order valence-electron chi connectivity index (χ0n) is 4.27. The first kappa shape index (κ1) is 5.92. The normalized spacial score (nSPS) is 10.0. The lowest BCUT2D eigenvalue weighted by molar-refractivity contribution is -0.0997. The Morgan fingerprint density at radius 2 is 2.33 bits per heavy atom. The van der Waals surface area contributed by atoms with Crippen LogP contribution in [0.3, 0.4) is 0 Å². The van der Waals surface area contributed by atoms with Crippen molar-refractivity contribution in [3.05, 3.63) is 6.92 Å². The van der Waals surface area contributed by atoms with E-state index in [0.29, 0.717) is 6.54 Å². The molecule has 0 saturated carbocycles. The van der Waals surface area contributed by atoms with E-state index in [2.05, 4.69) is 11.8 Å². The summed E-state index contributed by atoms with van der Waals surface area (Å²) in [6, 6.07) is 0. The lowest BCUT2D eigenvalue weighted by Crippen LogP contribution is -2.14. The summed E-state index contributed by atoms with van der Waals surface area (Å²) < 4.78 is 0. The van der Waals surface area contributed by atoms with Crippen LogP contribution in [0.1, 0.15) is 0 Å². The van der Waals surface area contributed by atoms with Gasteiger partial charge in [0.25, 0.3) is 0 Å². The molecule has 0 amide bonds. The fraction of sp³-hybridized carbons (Fsp3) is 0.750. The zero-order chi connectivity index (χ0) is 4.99. The molecule has 0 rings (SSSR count). The van der Waals surface area contributed by atoms with Crippen molar-refractivity contribution in [1.29, 1.82) is 0 Å². The number of hydrogen-bond donors (Lipinski definition) is 0. The maximum atomic E-state index is 4.67. The Balaban J connectivity index is 2.75. The Hall–Kier alpha value is -0.0800. The van der Waals surface area contributed by atoms with Crippen LogP contribution >= 0.6 is 0 Å². The first-order valence-electron chi connectivity index (χ1n) is 1.85. The lowest BCUT2D eigenvalue weighted by atomic mass is 10.8. The molecule has 6 heavy (non-hydrogen) atoms. The first-order chi connectivity index (χ1) is 2.81. The number of hydroxylamine groups is 2. The van der Waals surface area contributed by atoms with E-state index in [1.54, 1.807) is 12.2 Å². The van der Waals surface area contributed by atoms with Crippen molar-refractivity contribution >= 4 is 0 Å². The molecule has 0 aliphatic heterocycles. The van der Waals surface area contributed by atoms with E-state index in [4.69, 9.17) is 0 Å². The van der Waals surface area contributed by atoms with Crippen LogP contribution in [0.5, 0.6) is 0 Å². The fourth-order valence-electron chi connectivity index (χ4n) is 0.0913. The summed E-state index contributed by atoms with van der Waals surface area (Å²) in [6.07, 6.45) is 0. The number of rotatable bonds is 2. The van der Waals surface area contributed by atoms with Gasteiger partial charge >= 0.3 is 0 Å². The monoisotopic (exact) mass is 88.1 g/mol. The van der Waals surface area contributed by atoms with Crippen molar-refractivity contribution in [2.45, 2.75) is 0 Å². The molecule has 0 spiro atoms. The van der Waals surface area contributed by atoms with Crippen LogP contribution in [0.4, 0.5) is 0 Å². The third-order valence-electron chi connectivity index (χ3n) is 0.627. The summed E-state index contributed by atoms with van der Waals surface area (Å²) in [6.45, 7) is 4.25.